The lowest BCUT2D eigenvalue weighted by molar-refractivity contribution is -0.385. The van der Waals surface area contributed by atoms with Crippen LogP contribution in [0.4, 0.5) is 11.4 Å². The van der Waals surface area contributed by atoms with Gasteiger partial charge in [-0.15, -0.1) is 0 Å². The van der Waals surface area contributed by atoms with Gasteiger partial charge in [-0.25, -0.2) is 8.42 Å². The van der Waals surface area contributed by atoms with E-state index in [1.54, 1.807) is 6.92 Å². The molecule has 0 bridgehead atoms. The van der Waals surface area contributed by atoms with Gasteiger partial charge in [-0.3, -0.25) is 19.5 Å². The molecule has 0 aliphatic rings. The Morgan fingerprint density at radius 2 is 2.13 bits per heavy atom. The summed E-state index contributed by atoms with van der Waals surface area (Å²) in [7, 11) is -3.83. The van der Waals surface area contributed by atoms with Crippen LogP contribution in [-0.4, -0.2) is 29.7 Å². The van der Waals surface area contributed by atoms with Gasteiger partial charge >= 0.3 is 5.69 Å². The number of hydrogen-bond acceptors (Lipinski definition) is 6. The van der Waals surface area contributed by atoms with E-state index in [0.29, 0.717) is 6.54 Å². The number of nitro groups is 1. The van der Waals surface area contributed by atoms with Gasteiger partial charge in [-0.2, -0.15) is 5.10 Å². The van der Waals surface area contributed by atoms with Crippen LogP contribution in [0.15, 0.2) is 35.5 Å². The maximum atomic E-state index is 12.3. The van der Waals surface area contributed by atoms with E-state index in [-0.39, 0.29) is 28.6 Å². The van der Waals surface area contributed by atoms with E-state index in [1.807, 2.05) is 6.92 Å². The fourth-order valence-electron chi connectivity index (χ4n) is 1.87. The van der Waals surface area contributed by atoms with Gasteiger partial charge in [0.2, 0.25) is 0 Å². The van der Waals surface area contributed by atoms with Crippen molar-refractivity contribution in [2.45, 2.75) is 25.3 Å². The van der Waals surface area contributed by atoms with Crippen LogP contribution in [0, 0.1) is 10.1 Å². The monoisotopic (exact) mass is 340 g/mol. The summed E-state index contributed by atoms with van der Waals surface area (Å²) in [5, 5.41) is 14.8. The van der Waals surface area contributed by atoms with Crippen LogP contribution >= 0.6 is 0 Å². The number of nitrogens with zero attached hydrogens (tertiary/aromatic N) is 3. The van der Waals surface area contributed by atoms with E-state index >= 15 is 0 Å². The van der Waals surface area contributed by atoms with Crippen LogP contribution in [0.5, 0.6) is 5.75 Å². The first-order valence-electron chi connectivity index (χ1n) is 6.84. The van der Waals surface area contributed by atoms with Crippen molar-refractivity contribution in [2.24, 2.45) is 0 Å². The van der Waals surface area contributed by atoms with Gasteiger partial charge in [-0.1, -0.05) is 0 Å². The molecule has 0 aliphatic carbocycles. The summed E-state index contributed by atoms with van der Waals surface area (Å²) >= 11 is 0. The minimum atomic E-state index is -3.83. The van der Waals surface area contributed by atoms with Crippen molar-refractivity contribution in [1.82, 2.24) is 9.78 Å². The minimum Gasteiger partial charge on any atom is -0.487 e. The first-order chi connectivity index (χ1) is 10.9. The first kappa shape index (κ1) is 16.7. The molecule has 0 saturated carbocycles. The molecule has 0 radical (unpaired) electrons. The number of benzene rings is 1. The van der Waals surface area contributed by atoms with E-state index in [9.17, 15) is 18.5 Å². The lowest BCUT2D eigenvalue weighted by atomic mass is 10.2. The lowest BCUT2D eigenvalue weighted by Gasteiger charge is -2.09. The van der Waals surface area contributed by atoms with E-state index in [2.05, 4.69) is 9.82 Å². The summed E-state index contributed by atoms with van der Waals surface area (Å²) < 4.78 is 33.6. The van der Waals surface area contributed by atoms with E-state index < -0.39 is 14.9 Å². The third kappa shape index (κ3) is 3.77. The van der Waals surface area contributed by atoms with E-state index in [1.165, 1.54) is 35.3 Å². The maximum absolute atomic E-state index is 12.3. The highest BCUT2D eigenvalue weighted by molar-refractivity contribution is 7.92. The van der Waals surface area contributed by atoms with Crippen LogP contribution in [0.3, 0.4) is 0 Å². The second-order valence-corrected chi connectivity index (χ2v) is 6.19. The predicted octanol–water partition coefficient (Wildman–Crippen LogP) is 2.01. The lowest BCUT2D eigenvalue weighted by Crippen LogP contribution is -2.12. The molecule has 0 saturated heterocycles. The highest BCUT2D eigenvalue weighted by Crippen LogP contribution is 2.31. The summed E-state index contributed by atoms with van der Waals surface area (Å²) in [6.07, 6.45) is 2.64. The van der Waals surface area contributed by atoms with Gasteiger partial charge in [0.15, 0.2) is 5.75 Å². The summed E-state index contributed by atoms with van der Waals surface area (Å²) in [5.41, 5.74) is -0.0584. The fourth-order valence-corrected chi connectivity index (χ4v) is 2.87. The number of anilines is 1. The van der Waals surface area contributed by atoms with Crippen molar-refractivity contribution in [3.05, 3.63) is 40.7 Å². The van der Waals surface area contributed by atoms with Crippen molar-refractivity contribution >= 4 is 21.4 Å². The Labute approximate surface area is 133 Å². The van der Waals surface area contributed by atoms with Crippen molar-refractivity contribution in [3.8, 4) is 5.75 Å². The Morgan fingerprint density at radius 3 is 2.70 bits per heavy atom. The zero-order chi connectivity index (χ0) is 17.0. The summed E-state index contributed by atoms with van der Waals surface area (Å²) in [6, 6.07) is 3.78. The number of aryl methyl sites for hydroxylation is 1. The first-order valence-corrected chi connectivity index (χ1v) is 8.32. The van der Waals surface area contributed by atoms with E-state index in [0.717, 1.165) is 0 Å². The van der Waals surface area contributed by atoms with Crippen molar-refractivity contribution in [1.29, 1.82) is 0 Å². The fraction of sp³-hybridized carbons (Fsp3) is 0.308. The second-order valence-electron chi connectivity index (χ2n) is 4.51. The summed E-state index contributed by atoms with van der Waals surface area (Å²) in [6.45, 7) is 4.28. The Hall–Kier alpha value is -2.62. The topological polar surface area (TPSA) is 116 Å². The molecule has 0 atom stereocenters. The quantitative estimate of drug-likeness (QED) is 0.609. The number of nitro benzene ring substituents is 1. The molecule has 0 spiro atoms. The molecule has 2 rings (SSSR count). The average molecular weight is 340 g/mol. The van der Waals surface area contributed by atoms with Gasteiger partial charge < -0.3 is 4.74 Å². The Balaban J connectivity index is 2.31. The van der Waals surface area contributed by atoms with Crippen LogP contribution in [0.1, 0.15) is 13.8 Å². The molecule has 10 heteroatoms. The molecule has 0 aliphatic heterocycles. The standard InChI is InChI=1S/C13H16N4O5S/c1-3-16-9-11(8-14-16)23(20,21)15-10-5-6-12(17(18)19)13(7-10)22-4-2/h5-9,15H,3-4H2,1-2H3. The normalized spacial score (nSPS) is 11.2. The van der Waals surface area contributed by atoms with Crippen LogP contribution in [-0.2, 0) is 16.6 Å². The average Bonchev–Trinajstić information content (AvgIpc) is 2.97. The molecule has 1 N–H and O–H groups in total. The number of rotatable bonds is 7. The smallest absolute Gasteiger partial charge is 0.311 e. The van der Waals surface area contributed by atoms with Crippen LogP contribution in [0.2, 0.25) is 0 Å². The second kappa shape index (κ2) is 6.65. The third-order valence-electron chi connectivity index (χ3n) is 2.95. The minimum absolute atomic E-state index is 0.00181. The molecule has 1 aromatic carbocycles. The predicted molar refractivity (Wildman–Crippen MR) is 83.0 cm³/mol. The largest absolute Gasteiger partial charge is 0.487 e. The Bertz CT molecular complexity index is 816. The molecular formula is C13H16N4O5S. The number of aromatic nitrogens is 2. The molecule has 0 fully saturated rings. The van der Waals surface area contributed by atoms with Crippen LogP contribution in [0.25, 0.3) is 0 Å². The SMILES string of the molecule is CCOc1cc(NS(=O)(=O)c2cnn(CC)c2)ccc1[N+](=O)[O-]. The van der Waals surface area contributed by atoms with Gasteiger partial charge in [0.05, 0.1) is 23.4 Å². The Morgan fingerprint density at radius 1 is 1.39 bits per heavy atom. The van der Waals surface area contributed by atoms with Crippen LogP contribution < -0.4 is 9.46 Å². The molecule has 2 aromatic rings. The molecule has 23 heavy (non-hydrogen) atoms. The molecule has 0 amide bonds. The maximum Gasteiger partial charge on any atom is 0.311 e. The van der Waals surface area contributed by atoms with Gasteiger partial charge in [0.1, 0.15) is 4.90 Å². The van der Waals surface area contributed by atoms with Crippen molar-refractivity contribution in [3.63, 3.8) is 0 Å². The van der Waals surface area contributed by atoms with Crippen molar-refractivity contribution in [2.75, 3.05) is 11.3 Å². The molecular weight excluding hydrogens is 324 g/mol. The molecule has 124 valence electrons. The number of ether oxygens (including phenoxy) is 1. The number of nitrogens with one attached hydrogen (secondary N) is 1. The van der Waals surface area contributed by atoms with Gasteiger partial charge in [-0.05, 0) is 19.9 Å². The highest BCUT2D eigenvalue weighted by atomic mass is 32.2. The van der Waals surface area contributed by atoms with Gasteiger partial charge in [0.25, 0.3) is 10.0 Å². The van der Waals surface area contributed by atoms with Gasteiger partial charge in [0, 0.05) is 24.9 Å². The van der Waals surface area contributed by atoms with Crippen molar-refractivity contribution < 1.29 is 18.1 Å². The highest BCUT2D eigenvalue weighted by Gasteiger charge is 2.20. The molecule has 1 heterocycles. The van der Waals surface area contributed by atoms with E-state index in [4.69, 9.17) is 4.74 Å². The third-order valence-corrected chi connectivity index (χ3v) is 4.29. The number of hydrogen-bond donors (Lipinski definition) is 1. The summed E-state index contributed by atoms with van der Waals surface area (Å²) in [4.78, 5) is 10.3. The molecule has 1 aromatic heterocycles. The number of sulfonamides is 1. The zero-order valence-corrected chi connectivity index (χ0v) is 13.4. The molecule has 9 nitrogen and oxygen atoms in total. The summed E-state index contributed by atoms with van der Waals surface area (Å²) in [5.74, 6) is 0.00181. The molecule has 0 unspecified atom stereocenters. The Kier molecular flexibility index (Phi) is 4.84. The zero-order valence-electron chi connectivity index (χ0n) is 12.6.